The summed E-state index contributed by atoms with van der Waals surface area (Å²) in [7, 11) is 1.28. The lowest BCUT2D eigenvalue weighted by Gasteiger charge is -2.09. The Balaban J connectivity index is 3.17. The van der Waals surface area contributed by atoms with E-state index in [0.29, 0.717) is 0 Å². The Morgan fingerprint density at radius 2 is 2.00 bits per heavy atom. The van der Waals surface area contributed by atoms with Gasteiger partial charge in [-0.25, -0.2) is 0 Å². The summed E-state index contributed by atoms with van der Waals surface area (Å²) in [5, 5.41) is 8.27. The van der Waals surface area contributed by atoms with Crippen LogP contribution in [0.25, 0.3) is 0 Å². The Morgan fingerprint density at radius 3 is 2.53 bits per heavy atom. The first-order chi connectivity index (χ1) is 7.97. The molecule has 0 aliphatic heterocycles. The summed E-state index contributed by atoms with van der Waals surface area (Å²) in [6.45, 7) is 0. The summed E-state index contributed by atoms with van der Waals surface area (Å²) in [5.41, 5.74) is -0.648. The number of benzene rings is 1. The summed E-state index contributed by atoms with van der Waals surface area (Å²) < 4.78 is 42.3. The molecule has 0 saturated heterocycles. The van der Waals surface area contributed by atoms with Crippen molar-refractivity contribution in [3.63, 3.8) is 0 Å². The van der Waals surface area contributed by atoms with Crippen LogP contribution in [-0.2, 0) is 6.18 Å². The van der Waals surface area contributed by atoms with Gasteiger partial charge in [-0.05, 0) is 18.2 Å². The number of hydrogen-bond donors (Lipinski definition) is 0. The molecule has 0 amide bonds. The summed E-state index contributed by atoms with van der Waals surface area (Å²) in [6, 6.07) is 4.99. The molecule has 88 valence electrons. The van der Waals surface area contributed by atoms with Crippen LogP contribution in [0.4, 0.5) is 13.2 Å². The van der Waals surface area contributed by atoms with Gasteiger partial charge in [-0.3, -0.25) is 0 Å². The van der Waals surface area contributed by atoms with E-state index in [9.17, 15) is 13.2 Å². The van der Waals surface area contributed by atoms with E-state index in [1.54, 1.807) is 6.07 Å². The molecule has 0 radical (unpaired) electrons. The van der Waals surface area contributed by atoms with Gasteiger partial charge in [0.05, 0.1) is 25.2 Å². The molecule has 0 aliphatic carbocycles. The van der Waals surface area contributed by atoms with Crippen molar-refractivity contribution in [2.24, 2.45) is 0 Å². The number of ether oxygens (including phenoxy) is 1. The van der Waals surface area contributed by atoms with Crippen LogP contribution < -0.4 is 4.74 Å². The van der Waals surface area contributed by atoms with Crippen LogP contribution in [0.5, 0.6) is 5.75 Å². The third kappa shape index (κ3) is 3.73. The molecule has 0 saturated carbocycles. The Morgan fingerprint density at radius 1 is 1.29 bits per heavy atom. The molecule has 0 N–H and O–H groups in total. The first kappa shape index (κ1) is 12.9. The van der Waals surface area contributed by atoms with E-state index in [1.807, 2.05) is 0 Å². The van der Waals surface area contributed by atoms with Crippen molar-refractivity contribution in [2.45, 2.75) is 12.6 Å². The fourth-order valence-corrected chi connectivity index (χ4v) is 1.14. The Hall–Kier alpha value is -2.14. The molecule has 0 unspecified atom stereocenters. The highest BCUT2D eigenvalue weighted by molar-refractivity contribution is 5.44. The molecule has 0 aliphatic rings. The fraction of sp³-hybridized carbons (Fsp3) is 0.250. The normalized spacial score (nSPS) is 10.1. The van der Waals surface area contributed by atoms with Gasteiger partial charge in [0.2, 0.25) is 0 Å². The van der Waals surface area contributed by atoms with Crippen LogP contribution >= 0.6 is 0 Å². The second-order valence-electron chi connectivity index (χ2n) is 3.08. The topological polar surface area (TPSA) is 33.0 Å². The minimum atomic E-state index is -4.44. The molecule has 0 aromatic heterocycles. The molecular weight excluding hydrogens is 231 g/mol. The van der Waals surface area contributed by atoms with Gasteiger partial charge in [0, 0.05) is 5.56 Å². The predicted molar refractivity (Wildman–Crippen MR) is 55.1 cm³/mol. The average molecular weight is 239 g/mol. The SMILES string of the molecule is COc1cc(C#CCC#N)cc(C(F)(F)F)c1. The van der Waals surface area contributed by atoms with Crippen LogP contribution in [0.3, 0.4) is 0 Å². The van der Waals surface area contributed by atoms with E-state index in [-0.39, 0.29) is 17.7 Å². The van der Waals surface area contributed by atoms with E-state index in [4.69, 9.17) is 10.00 Å². The van der Waals surface area contributed by atoms with Crippen LogP contribution in [-0.4, -0.2) is 7.11 Å². The predicted octanol–water partition coefficient (Wildman–Crippen LogP) is 2.98. The van der Waals surface area contributed by atoms with E-state index >= 15 is 0 Å². The van der Waals surface area contributed by atoms with Gasteiger partial charge in [0.15, 0.2) is 0 Å². The lowest BCUT2D eigenvalue weighted by atomic mass is 10.1. The molecule has 2 nitrogen and oxygen atoms in total. The van der Waals surface area contributed by atoms with Gasteiger partial charge >= 0.3 is 6.18 Å². The van der Waals surface area contributed by atoms with Crippen LogP contribution in [0.15, 0.2) is 18.2 Å². The van der Waals surface area contributed by atoms with E-state index < -0.39 is 11.7 Å². The fourth-order valence-electron chi connectivity index (χ4n) is 1.14. The zero-order valence-electron chi connectivity index (χ0n) is 8.93. The number of methoxy groups -OCH3 is 1. The summed E-state index contributed by atoms with van der Waals surface area (Å²) in [5.74, 6) is 5.01. The maximum Gasteiger partial charge on any atom is 0.416 e. The van der Waals surface area contributed by atoms with E-state index in [0.717, 1.165) is 12.1 Å². The van der Waals surface area contributed by atoms with Gasteiger partial charge in [-0.15, -0.1) is 0 Å². The van der Waals surface area contributed by atoms with E-state index in [1.165, 1.54) is 13.2 Å². The third-order valence-corrected chi connectivity index (χ3v) is 1.87. The van der Waals surface area contributed by atoms with Crippen molar-refractivity contribution < 1.29 is 17.9 Å². The molecule has 5 heteroatoms. The highest BCUT2D eigenvalue weighted by Crippen LogP contribution is 2.32. The van der Waals surface area contributed by atoms with Crippen molar-refractivity contribution in [1.82, 2.24) is 0 Å². The highest BCUT2D eigenvalue weighted by Gasteiger charge is 2.31. The maximum atomic E-state index is 12.5. The molecule has 0 atom stereocenters. The summed E-state index contributed by atoms with van der Waals surface area (Å²) >= 11 is 0. The molecule has 1 aromatic carbocycles. The Labute approximate surface area is 96.6 Å². The minimum absolute atomic E-state index is 0.0292. The first-order valence-electron chi connectivity index (χ1n) is 4.59. The lowest BCUT2D eigenvalue weighted by molar-refractivity contribution is -0.137. The summed E-state index contributed by atoms with van der Waals surface area (Å²) in [4.78, 5) is 0. The molecule has 0 fully saturated rings. The number of halogens is 3. The molecule has 0 spiro atoms. The monoisotopic (exact) mass is 239 g/mol. The van der Waals surface area contributed by atoms with Gasteiger partial charge < -0.3 is 4.74 Å². The number of hydrogen-bond acceptors (Lipinski definition) is 2. The molecule has 1 aromatic rings. The van der Waals surface area contributed by atoms with E-state index in [2.05, 4.69) is 11.8 Å². The largest absolute Gasteiger partial charge is 0.497 e. The zero-order valence-corrected chi connectivity index (χ0v) is 8.93. The first-order valence-corrected chi connectivity index (χ1v) is 4.59. The molecule has 1 rings (SSSR count). The molecule has 17 heavy (non-hydrogen) atoms. The van der Waals surface area contributed by atoms with Crippen LogP contribution in [0.2, 0.25) is 0 Å². The molecular formula is C12H8F3NO. The Bertz CT molecular complexity index is 503. The second-order valence-corrected chi connectivity index (χ2v) is 3.08. The van der Waals surface area contributed by atoms with Gasteiger partial charge in [0.25, 0.3) is 0 Å². The summed E-state index contributed by atoms with van der Waals surface area (Å²) in [6.07, 6.45) is -4.47. The lowest BCUT2D eigenvalue weighted by Crippen LogP contribution is -2.05. The van der Waals surface area contributed by atoms with Crippen LogP contribution in [0.1, 0.15) is 17.5 Å². The van der Waals surface area contributed by atoms with Crippen molar-refractivity contribution in [1.29, 1.82) is 5.26 Å². The quantitative estimate of drug-likeness (QED) is 0.706. The second kappa shape index (κ2) is 5.27. The van der Waals surface area contributed by atoms with Crippen molar-refractivity contribution in [2.75, 3.05) is 7.11 Å². The number of nitrogens with zero attached hydrogens (tertiary/aromatic N) is 1. The maximum absolute atomic E-state index is 12.5. The van der Waals surface area contributed by atoms with Gasteiger partial charge in [-0.2, -0.15) is 18.4 Å². The smallest absolute Gasteiger partial charge is 0.416 e. The van der Waals surface area contributed by atoms with Crippen LogP contribution in [0, 0.1) is 23.2 Å². The van der Waals surface area contributed by atoms with Crippen molar-refractivity contribution in [3.8, 4) is 23.7 Å². The number of alkyl halides is 3. The zero-order chi connectivity index (χ0) is 12.9. The molecule has 0 heterocycles. The van der Waals surface area contributed by atoms with Gasteiger partial charge in [-0.1, -0.05) is 11.8 Å². The third-order valence-electron chi connectivity index (χ3n) is 1.87. The average Bonchev–Trinajstić information content (AvgIpc) is 2.28. The highest BCUT2D eigenvalue weighted by atomic mass is 19.4. The van der Waals surface area contributed by atoms with Crippen molar-refractivity contribution in [3.05, 3.63) is 29.3 Å². The minimum Gasteiger partial charge on any atom is -0.497 e. The van der Waals surface area contributed by atoms with Crippen molar-refractivity contribution >= 4 is 0 Å². The Kier molecular flexibility index (Phi) is 4.01. The number of rotatable bonds is 1. The molecule has 0 bridgehead atoms. The standard InChI is InChI=1S/C12H8F3NO/c1-17-11-7-9(4-2-3-5-16)6-10(8-11)12(13,14)15/h6-8H,3H2,1H3. The number of nitriles is 1. The van der Waals surface area contributed by atoms with Gasteiger partial charge in [0.1, 0.15) is 5.75 Å².